The van der Waals surface area contributed by atoms with Crippen LogP contribution in [0.15, 0.2) is 4.79 Å². The van der Waals surface area contributed by atoms with Crippen LogP contribution in [0.3, 0.4) is 0 Å². The molecule has 96 valence electrons. The lowest BCUT2D eigenvalue weighted by molar-refractivity contribution is 0.440. The Morgan fingerprint density at radius 2 is 2.29 bits per heavy atom. The molecule has 1 N–H and O–H groups in total. The van der Waals surface area contributed by atoms with Crippen LogP contribution < -0.4 is 11.0 Å². The molecule has 0 fully saturated rings. The highest BCUT2D eigenvalue weighted by molar-refractivity contribution is 4.91. The van der Waals surface area contributed by atoms with Gasteiger partial charge < -0.3 is 5.32 Å². The molecule has 1 unspecified atom stereocenters. The van der Waals surface area contributed by atoms with Gasteiger partial charge in [0.1, 0.15) is 5.82 Å². The highest BCUT2D eigenvalue weighted by Gasteiger charge is 2.17. The summed E-state index contributed by atoms with van der Waals surface area (Å²) in [4.78, 5) is 12.1. The van der Waals surface area contributed by atoms with E-state index in [0.717, 1.165) is 44.6 Å². The van der Waals surface area contributed by atoms with E-state index in [1.165, 1.54) is 0 Å². The largest absolute Gasteiger partial charge is 0.345 e. The Bertz CT molecular complexity index is 421. The first kappa shape index (κ1) is 12.4. The first-order valence-electron chi connectivity index (χ1n) is 6.62. The number of aromatic nitrogens is 3. The summed E-state index contributed by atoms with van der Waals surface area (Å²) in [5.74, 6) is 0.962. The number of fused-ring (bicyclic) bond motifs is 1. The fourth-order valence-corrected chi connectivity index (χ4v) is 2.28. The maximum atomic E-state index is 12.1. The third kappa shape index (κ3) is 2.77. The molecule has 0 amide bonds. The second-order valence-corrected chi connectivity index (χ2v) is 4.84. The number of aryl methyl sites for hydroxylation is 1. The van der Waals surface area contributed by atoms with E-state index in [2.05, 4.69) is 24.3 Å². The van der Waals surface area contributed by atoms with Crippen molar-refractivity contribution in [2.75, 3.05) is 6.54 Å². The maximum Gasteiger partial charge on any atom is 0.345 e. The number of rotatable bonds is 5. The van der Waals surface area contributed by atoms with Gasteiger partial charge in [0.05, 0.1) is 6.54 Å². The van der Waals surface area contributed by atoms with Crippen LogP contribution in [-0.4, -0.2) is 26.9 Å². The third-order valence-corrected chi connectivity index (χ3v) is 3.22. The minimum Gasteiger partial charge on any atom is -0.312 e. The van der Waals surface area contributed by atoms with Crippen molar-refractivity contribution in [3.8, 4) is 0 Å². The SMILES string of the molecule is CCCNC(C)Cn1nc2n(c1=O)CCCC2. The molecule has 1 aliphatic heterocycles. The molecule has 2 rings (SSSR count). The van der Waals surface area contributed by atoms with Gasteiger partial charge in [-0.2, -0.15) is 5.10 Å². The summed E-state index contributed by atoms with van der Waals surface area (Å²) in [6.07, 6.45) is 4.31. The van der Waals surface area contributed by atoms with Crippen LogP contribution in [-0.2, 0) is 19.5 Å². The fourth-order valence-electron chi connectivity index (χ4n) is 2.28. The van der Waals surface area contributed by atoms with Gasteiger partial charge in [0.25, 0.3) is 0 Å². The van der Waals surface area contributed by atoms with E-state index in [0.29, 0.717) is 12.6 Å². The van der Waals surface area contributed by atoms with E-state index < -0.39 is 0 Å². The van der Waals surface area contributed by atoms with Crippen molar-refractivity contribution in [1.29, 1.82) is 0 Å². The minimum absolute atomic E-state index is 0.0600. The average Bonchev–Trinajstić information content (AvgIpc) is 2.64. The molecule has 0 aliphatic carbocycles. The van der Waals surface area contributed by atoms with Crippen molar-refractivity contribution < 1.29 is 0 Å². The van der Waals surface area contributed by atoms with Crippen molar-refractivity contribution in [2.24, 2.45) is 0 Å². The Balaban J connectivity index is 2.06. The van der Waals surface area contributed by atoms with E-state index in [1.807, 2.05) is 4.57 Å². The molecule has 0 bridgehead atoms. The lowest BCUT2D eigenvalue weighted by Crippen LogP contribution is -2.36. The Hall–Kier alpha value is -1.10. The molecule has 0 aromatic carbocycles. The predicted octanol–water partition coefficient (Wildman–Crippen LogP) is 0.769. The zero-order valence-corrected chi connectivity index (χ0v) is 10.8. The van der Waals surface area contributed by atoms with Crippen LogP contribution in [0.1, 0.15) is 38.9 Å². The Kier molecular flexibility index (Phi) is 3.99. The normalized spacial score (nSPS) is 16.8. The second-order valence-electron chi connectivity index (χ2n) is 4.84. The molecule has 0 saturated carbocycles. The van der Waals surface area contributed by atoms with Gasteiger partial charge in [0.15, 0.2) is 0 Å². The van der Waals surface area contributed by atoms with Crippen LogP contribution in [0, 0.1) is 0 Å². The first-order valence-corrected chi connectivity index (χ1v) is 6.62. The zero-order valence-electron chi connectivity index (χ0n) is 10.8. The number of hydrogen-bond donors (Lipinski definition) is 1. The van der Waals surface area contributed by atoms with Gasteiger partial charge in [0.2, 0.25) is 0 Å². The smallest absolute Gasteiger partial charge is 0.312 e. The zero-order chi connectivity index (χ0) is 12.3. The summed E-state index contributed by atoms with van der Waals surface area (Å²) in [7, 11) is 0. The van der Waals surface area contributed by atoms with Gasteiger partial charge in [-0.05, 0) is 32.7 Å². The molecule has 0 saturated heterocycles. The van der Waals surface area contributed by atoms with Crippen molar-refractivity contribution in [2.45, 2.75) is 58.7 Å². The Morgan fingerprint density at radius 3 is 3.00 bits per heavy atom. The molecule has 5 heteroatoms. The summed E-state index contributed by atoms with van der Waals surface area (Å²) in [5, 5.41) is 7.80. The monoisotopic (exact) mass is 238 g/mol. The minimum atomic E-state index is 0.0600. The van der Waals surface area contributed by atoms with Crippen molar-refractivity contribution in [3.63, 3.8) is 0 Å². The molecule has 17 heavy (non-hydrogen) atoms. The van der Waals surface area contributed by atoms with Gasteiger partial charge >= 0.3 is 5.69 Å². The molecule has 1 aromatic rings. The quantitative estimate of drug-likeness (QED) is 0.824. The van der Waals surface area contributed by atoms with Crippen LogP contribution in [0.4, 0.5) is 0 Å². The Morgan fingerprint density at radius 1 is 1.47 bits per heavy atom. The third-order valence-electron chi connectivity index (χ3n) is 3.22. The summed E-state index contributed by atoms with van der Waals surface area (Å²) in [5.41, 5.74) is 0.0600. The predicted molar refractivity (Wildman–Crippen MR) is 67.2 cm³/mol. The molecular weight excluding hydrogens is 216 g/mol. The van der Waals surface area contributed by atoms with Crippen molar-refractivity contribution >= 4 is 0 Å². The maximum absolute atomic E-state index is 12.1. The lowest BCUT2D eigenvalue weighted by atomic mass is 10.2. The van der Waals surface area contributed by atoms with Crippen LogP contribution in [0.2, 0.25) is 0 Å². The van der Waals surface area contributed by atoms with Crippen LogP contribution >= 0.6 is 0 Å². The number of hydrogen-bond acceptors (Lipinski definition) is 3. The van der Waals surface area contributed by atoms with Gasteiger partial charge in [-0.3, -0.25) is 4.57 Å². The molecule has 0 spiro atoms. The van der Waals surface area contributed by atoms with E-state index in [9.17, 15) is 4.79 Å². The lowest BCUT2D eigenvalue weighted by Gasteiger charge is -2.11. The molecule has 1 atom stereocenters. The van der Waals surface area contributed by atoms with Crippen LogP contribution in [0.5, 0.6) is 0 Å². The van der Waals surface area contributed by atoms with E-state index in [1.54, 1.807) is 4.68 Å². The first-order chi connectivity index (χ1) is 8.22. The highest BCUT2D eigenvalue weighted by Crippen LogP contribution is 2.09. The van der Waals surface area contributed by atoms with Crippen molar-refractivity contribution in [3.05, 3.63) is 16.3 Å². The average molecular weight is 238 g/mol. The van der Waals surface area contributed by atoms with Crippen LogP contribution in [0.25, 0.3) is 0 Å². The molecular formula is C12H22N4O. The number of nitrogens with zero attached hydrogens (tertiary/aromatic N) is 3. The van der Waals surface area contributed by atoms with E-state index >= 15 is 0 Å². The topological polar surface area (TPSA) is 51.9 Å². The number of nitrogens with one attached hydrogen (secondary N) is 1. The highest BCUT2D eigenvalue weighted by atomic mass is 16.2. The molecule has 1 aromatic heterocycles. The standard InChI is InChI=1S/C12H22N4O/c1-3-7-13-10(2)9-16-12(17)15-8-5-4-6-11(15)14-16/h10,13H,3-9H2,1-2H3. The molecule has 5 nitrogen and oxygen atoms in total. The fraction of sp³-hybridized carbons (Fsp3) is 0.833. The molecule has 2 heterocycles. The van der Waals surface area contributed by atoms with Gasteiger partial charge in [-0.15, -0.1) is 0 Å². The Labute approximate surface area is 102 Å². The second kappa shape index (κ2) is 5.49. The van der Waals surface area contributed by atoms with Crippen molar-refractivity contribution in [1.82, 2.24) is 19.7 Å². The molecule has 0 radical (unpaired) electrons. The molecule has 1 aliphatic rings. The summed E-state index contributed by atoms with van der Waals surface area (Å²) < 4.78 is 3.45. The summed E-state index contributed by atoms with van der Waals surface area (Å²) in [6.45, 7) is 6.73. The van der Waals surface area contributed by atoms with E-state index in [4.69, 9.17) is 0 Å². The van der Waals surface area contributed by atoms with E-state index in [-0.39, 0.29) is 5.69 Å². The summed E-state index contributed by atoms with van der Waals surface area (Å²) >= 11 is 0. The van der Waals surface area contributed by atoms with Gasteiger partial charge in [0, 0.05) is 19.0 Å². The summed E-state index contributed by atoms with van der Waals surface area (Å²) in [6, 6.07) is 0.296. The van der Waals surface area contributed by atoms with Gasteiger partial charge in [-0.25, -0.2) is 9.48 Å². The van der Waals surface area contributed by atoms with Gasteiger partial charge in [-0.1, -0.05) is 6.92 Å².